The molecular formula is C28H24N2O7S. The molecule has 1 heterocycles. The average molecular weight is 533 g/mol. The number of rotatable bonds is 7. The molecule has 0 atom stereocenters. The van der Waals surface area contributed by atoms with Crippen molar-refractivity contribution in [2.24, 2.45) is 0 Å². The lowest BCUT2D eigenvalue weighted by atomic mass is 9.95. The maximum absolute atomic E-state index is 14.0. The summed E-state index contributed by atoms with van der Waals surface area (Å²) in [6, 6.07) is 19.3. The van der Waals surface area contributed by atoms with Gasteiger partial charge >= 0.3 is 11.9 Å². The number of hydrogen-bond donors (Lipinski definition) is 1. The molecule has 194 valence electrons. The van der Waals surface area contributed by atoms with Crippen LogP contribution in [0.15, 0.2) is 90.4 Å². The number of ether oxygens (including phenoxy) is 2. The van der Waals surface area contributed by atoms with Crippen LogP contribution in [0.4, 0.5) is 11.4 Å². The highest BCUT2D eigenvalue weighted by Gasteiger charge is 2.41. The third-order valence-electron chi connectivity index (χ3n) is 5.88. The Labute approximate surface area is 220 Å². The van der Waals surface area contributed by atoms with E-state index in [1.807, 2.05) is 0 Å². The van der Waals surface area contributed by atoms with Crippen molar-refractivity contribution < 1.29 is 32.3 Å². The van der Waals surface area contributed by atoms with E-state index in [2.05, 4.69) is 11.9 Å². The van der Waals surface area contributed by atoms with Crippen molar-refractivity contribution in [2.75, 3.05) is 30.4 Å². The van der Waals surface area contributed by atoms with Gasteiger partial charge < -0.3 is 14.8 Å². The summed E-state index contributed by atoms with van der Waals surface area (Å²) >= 11 is 0. The Bertz CT molecular complexity index is 1580. The number of methoxy groups -OCH3 is 2. The van der Waals surface area contributed by atoms with Crippen molar-refractivity contribution >= 4 is 44.8 Å². The van der Waals surface area contributed by atoms with E-state index in [0.717, 1.165) is 11.4 Å². The number of esters is 2. The minimum absolute atomic E-state index is 0.0397. The van der Waals surface area contributed by atoms with Crippen LogP contribution in [-0.2, 0) is 24.3 Å². The first kappa shape index (κ1) is 26.4. The number of fused-ring (bicyclic) bond motifs is 1. The molecule has 0 saturated carbocycles. The number of anilines is 2. The van der Waals surface area contributed by atoms with Crippen LogP contribution >= 0.6 is 0 Å². The first-order chi connectivity index (χ1) is 18.2. The van der Waals surface area contributed by atoms with Crippen molar-refractivity contribution in [3.05, 3.63) is 113 Å². The fourth-order valence-corrected chi connectivity index (χ4v) is 5.90. The van der Waals surface area contributed by atoms with Crippen molar-refractivity contribution in [3.63, 3.8) is 0 Å². The summed E-state index contributed by atoms with van der Waals surface area (Å²) in [5, 5.41) is 2.53. The summed E-state index contributed by atoms with van der Waals surface area (Å²) in [6.07, 6.45) is 1.42. The number of nitrogens with zero attached hydrogens (tertiary/aromatic N) is 1. The number of amides is 1. The number of carbonyl (C=O) groups excluding carboxylic acids is 3. The maximum atomic E-state index is 14.0. The van der Waals surface area contributed by atoms with Crippen LogP contribution in [0.25, 0.3) is 5.57 Å². The number of sulfonamides is 1. The molecule has 0 radical (unpaired) electrons. The van der Waals surface area contributed by atoms with Gasteiger partial charge in [0.05, 0.1) is 43.3 Å². The van der Waals surface area contributed by atoms with Gasteiger partial charge in [0.2, 0.25) is 0 Å². The van der Waals surface area contributed by atoms with Gasteiger partial charge in [0.1, 0.15) is 0 Å². The average Bonchev–Trinajstić information content (AvgIpc) is 2.93. The molecule has 0 fully saturated rings. The van der Waals surface area contributed by atoms with Gasteiger partial charge in [-0.2, -0.15) is 0 Å². The van der Waals surface area contributed by atoms with Gasteiger partial charge in [0.15, 0.2) is 4.91 Å². The lowest BCUT2D eigenvalue weighted by molar-refractivity contribution is -0.112. The van der Waals surface area contributed by atoms with Crippen molar-refractivity contribution in [2.45, 2.75) is 0 Å². The lowest BCUT2D eigenvalue weighted by Crippen LogP contribution is -2.40. The second kappa shape index (κ2) is 10.7. The molecule has 0 aromatic heterocycles. The number of carbonyl (C=O) groups is 3. The van der Waals surface area contributed by atoms with E-state index in [1.165, 1.54) is 31.4 Å². The number of benzene rings is 3. The molecule has 0 saturated heterocycles. The molecule has 1 amide bonds. The predicted octanol–water partition coefficient (Wildman–Crippen LogP) is 3.99. The molecule has 3 aromatic rings. The second-order valence-corrected chi connectivity index (χ2v) is 9.91. The molecule has 4 rings (SSSR count). The van der Waals surface area contributed by atoms with Gasteiger partial charge in [0, 0.05) is 11.1 Å². The quantitative estimate of drug-likeness (QED) is 0.361. The number of para-hydroxylation sites is 1. The monoisotopic (exact) mass is 532 g/mol. The minimum atomic E-state index is -4.40. The van der Waals surface area contributed by atoms with Crippen molar-refractivity contribution in [3.8, 4) is 0 Å². The summed E-state index contributed by atoms with van der Waals surface area (Å²) in [4.78, 5) is 37.9. The minimum Gasteiger partial charge on any atom is -0.465 e. The van der Waals surface area contributed by atoms with Crippen LogP contribution in [0.3, 0.4) is 0 Å². The normalized spacial score (nSPS) is 13.8. The Morgan fingerprint density at radius 1 is 0.921 bits per heavy atom. The van der Waals surface area contributed by atoms with Crippen LogP contribution in [0.5, 0.6) is 0 Å². The van der Waals surface area contributed by atoms with E-state index in [0.29, 0.717) is 16.8 Å². The van der Waals surface area contributed by atoms with Crippen LogP contribution in [0.2, 0.25) is 0 Å². The van der Waals surface area contributed by atoms with Gasteiger partial charge in [-0.1, -0.05) is 54.6 Å². The zero-order valence-electron chi connectivity index (χ0n) is 20.6. The molecule has 0 aliphatic carbocycles. The predicted molar refractivity (Wildman–Crippen MR) is 143 cm³/mol. The molecule has 3 aromatic carbocycles. The Morgan fingerprint density at radius 3 is 2.24 bits per heavy atom. The van der Waals surface area contributed by atoms with Crippen LogP contribution in [0, 0.1) is 0 Å². The fourth-order valence-electron chi connectivity index (χ4n) is 4.19. The maximum Gasteiger partial charge on any atom is 0.339 e. The Kier molecular flexibility index (Phi) is 7.45. The van der Waals surface area contributed by atoms with Gasteiger partial charge in [-0.05, 0) is 29.8 Å². The highest BCUT2D eigenvalue weighted by atomic mass is 32.2. The fraction of sp³-hybridized carbons (Fsp3) is 0.107. The number of nitrogens with one attached hydrogen (secondary N) is 1. The molecule has 9 nitrogen and oxygen atoms in total. The highest BCUT2D eigenvalue weighted by molar-refractivity contribution is 7.97. The first-order valence-corrected chi connectivity index (χ1v) is 12.8. The van der Waals surface area contributed by atoms with E-state index in [1.54, 1.807) is 54.6 Å². The molecular weight excluding hydrogens is 508 g/mol. The topological polar surface area (TPSA) is 119 Å². The van der Waals surface area contributed by atoms with Gasteiger partial charge in [-0.25, -0.2) is 18.0 Å². The summed E-state index contributed by atoms with van der Waals surface area (Å²) in [5.41, 5.74) is 1.47. The van der Waals surface area contributed by atoms with Gasteiger partial charge in [0.25, 0.3) is 15.9 Å². The molecule has 38 heavy (non-hydrogen) atoms. The summed E-state index contributed by atoms with van der Waals surface area (Å²) < 4.78 is 38.6. The zero-order valence-corrected chi connectivity index (χ0v) is 21.4. The molecule has 0 unspecified atom stereocenters. The molecule has 0 bridgehead atoms. The third-order valence-corrected chi connectivity index (χ3v) is 7.71. The van der Waals surface area contributed by atoms with E-state index in [9.17, 15) is 22.8 Å². The molecule has 0 spiro atoms. The van der Waals surface area contributed by atoms with Crippen LogP contribution in [0.1, 0.15) is 31.8 Å². The summed E-state index contributed by atoms with van der Waals surface area (Å²) in [5.74, 6) is -2.50. The lowest BCUT2D eigenvalue weighted by Gasteiger charge is -2.33. The van der Waals surface area contributed by atoms with Crippen LogP contribution in [-0.4, -0.2) is 47.0 Å². The van der Waals surface area contributed by atoms with Gasteiger partial charge in [-0.3, -0.25) is 9.10 Å². The standard InChI is InChI=1S/C28H24N2O7S/c1-4-16-30-23-13-9-8-12-21(23)24(18-10-6-5-7-11-18)25(38(30,34)35)26(31)29-22-17-19(27(32)36-2)14-15-20(22)28(33)37-3/h4-15,17H,1,16H2,2-3H3,(H,29,31). The van der Waals surface area contributed by atoms with E-state index < -0.39 is 32.8 Å². The third kappa shape index (κ3) is 4.69. The highest BCUT2D eigenvalue weighted by Crippen LogP contribution is 2.43. The Balaban J connectivity index is 1.97. The molecule has 10 heteroatoms. The van der Waals surface area contributed by atoms with E-state index in [4.69, 9.17) is 9.47 Å². The second-order valence-electron chi connectivity index (χ2n) is 8.11. The summed E-state index contributed by atoms with van der Waals surface area (Å²) in [6.45, 7) is 3.58. The Hall–Kier alpha value is -4.70. The van der Waals surface area contributed by atoms with Crippen LogP contribution < -0.4 is 9.62 Å². The number of hydrogen-bond acceptors (Lipinski definition) is 7. The largest absolute Gasteiger partial charge is 0.465 e. The SMILES string of the molecule is C=CCN1c2ccccc2C(c2ccccc2)=C(C(=O)Nc2cc(C(=O)OC)ccc2C(=O)OC)S1(=O)=O. The first-order valence-electron chi connectivity index (χ1n) is 11.4. The zero-order chi connectivity index (χ0) is 27.4. The van der Waals surface area contributed by atoms with E-state index in [-0.39, 0.29) is 28.9 Å². The Morgan fingerprint density at radius 2 is 1.58 bits per heavy atom. The smallest absolute Gasteiger partial charge is 0.339 e. The molecule has 1 N–H and O–H groups in total. The molecule has 1 aliphatic heterocycles. The van der Waals surface area contributed by atoms with Gasteiger partial charge in [-0.15, -0.1) is 6.58 Å². The van der Waals surface area contributed by atoms with Crippen molar-refractivity contribution in [1.29, 1.82) is 0 Å². The summed E-state index contributed by atoms with van der Waals surface area (Å²) in [7, 11) is -2.06. The van der Waals surface area contributed by atoms with E-state index >= 15 is 0 Å². The molecule has 1 aliphatic rings. The van der Waals surface area contributed by atoms with Crippen molar-refractivity contribution in [1.82, 2.24) is 0 Å².